The minimum Gasteiger partial charge on any atom is -0.497 e. The van der Waals surface area contributed by atoms with Crippen molar-refractivity contribution in [3.63, 3.8) is 0 Å². The van der Waals surface area contributed by atoms with Crippen LogP contribution in [-0.2, 0) is 9.53 Å². The number of ether oxygens (including phenoxy) is 2. The number of pyridine rings is 1. The van der Waals surface area contributed by atoms with Crippen molar-refractivity contribution in [1.82, 2.24) is 14.3 Å². The van der Waals surface area contributed by atoms with Gasteiger partial charge in [-0.25, -0.2) is 4.98 Å². The summed E-state index contributed by atoms with van der Waals surface area (Å²) in [6.45, 7) is 5.56. The molecule has 2 aliphatic heterocycles. The molecule has 38 heavy (non-hydrogen) atoms. The third kappa shape index (κ3) is 5.13. The van der Waals surface area contributed by atoms with Gasteiger partial charge in [0.2, 0.25) is 0 Å². The van der Waals surface area contributed by atoms with Crippen LogP contribution in [0, 0.1) is 6.92 Å². The van der Waals surface area contributed by atoms with E-state index < -0.39 is 0 Å². The summed E-state index contributed by atoms with van der Waals surface area (Å²) in [6.07, 6.45) is 3.43. The average molecular weight is 552 g/mol. The number of piperazine rings is 1. The number of rotatable bonds is 7. The molecule has 0 unspecified atom stereocenters. The van der Waals surface area contributed by atoms with Crippen LogP contribution in [0.25, 0.3) is 11.7 Å². The topological polar surface area (TPSA) is 79.6 Å². The Hall–Kier alpha value is -3.41. The molecule has 0 spiro atoms. The van der Waals surface area contributed by atoms with Crippen LogP contribution in [0.2, 0.25) is 0 Å². The molecule has 1 aromatic carbocycles. The summed E-state index contributed by atoms with van der Waals surface area (Å²) in [5.74, 6) is 1.18. The van der Waals surface area contributed by atoms with Gasteiger partial charge in [-0.3, -0.25) is 18.9 Å². The lowest BCUT2D eigenvalue weighted by molar-refractivity contribution is -0.122. The van der Waals surface area contributed by atoms with Crippen LogP contribution in [0.3, 0.4) is 0 Å². The first-order valence-corrected chi connectivity index (χ1v) is 13.5. The van der Waals surface area contributed by atoms with Gasteiger partial charge >= 0.3 is 0 Å². The second-order valence-corrected chi connectivity index (χ2v) is 10.8. The number of methoxy groups -OCH3 is 2. The Kier molecular flexibility index (Phi) is 7.68. The maximum Gasteiger partial charge on any atom is 0.267 e. The highest BCUT2D eigenvalue weighted by molar-refractivity contribution is 8.26. The predicted octanol–water partition coefficient (Wildman–Crippen LogP) is 3.19. The number of thiocarbonyl (C=S) groups is 1. The van der Waals surface area contributed by atoms with Gasteiger partial charge in [0.05, 0.1) is 30.7 Å². The number of hydrogen-bond acceptors (Lipinski definition) is 9. The number of carbonyl (C=O) groups is 1. The number of anilines is 2. The van der Waals surface area contributed by atoms with Crippen molar-refractivity contribution in [3.05, 3.63) is 69.0 Å². The lowest BCUT2D eigenvalue weighted by Gasteiger charge is -2.37. The Bertz CT molecular complexity index is 1460. The molecule has 9 nitrogen and oxygen atoms in total. The summed E-state index contributed by atoms with van der Waals surface area (Å²) in [5.41, 5.74) is 2.80. The third-order valence-electron chi connectivity index (χ3n) is 6.67. The average Bonchev–Trinajstić information content (AvgIpc) is 3.20. The molecule has 0 bridgehead atoms. The Morgan fingerprint density at radius 1 is 1.03 bits per heavy atom. The van der Waals surface area contributed by atoms with E-state index in [1.54, 1.807) is 30.9 Å². The SMILES string of the molecule is COCCN1C(=O)C(=Cc2c(N3CCN(c4ccc(OC)cc4)CC3)nc3ccc(C)cn3c2=O)SC1=S. The van der Waals surface area contributed by atoms with Crippen molar-refractivity contribution in [2.45, 2.75) is 6.92 Å². The monoisotopic (exact) mass is 551 g/mol. The highest BCUT2D eigenvalue weighted by Crippen LogP contribution is 2.33. The van der Waals surface area contributed by atoms with Gasteiger partial charge in [0.15, 0.2) is 0 Å². The summed E-state index contributed by atoms with van der Waals surface area (Å²) in [7, 11) is 3.24. The van der Waals surface area contributed by atoms with Crippen LogP contribution in [0.1, 0.15) is 11.1 Å². The van der Waals surface area contributed by atoms with E-state index in [0.717, 1.165) is 30.1 Å². The molecule has 0 radical (unpaired) electrons. The van der Waals surface area contributed by atoms with Gasteiger partial charge in [-0.15, -0.1) is 0 Å². The van der Waals surface area contributed by atoms with E-state index in [4.69, 9.17) is 26.7 Å². The van der Waals surface area contributed by atoms with E-state index in [1.165, 1.54) is 16.7 Å². The number of fused-ring (bicyclic) bond motifs is 1. The normalized spacial score (nSPS) is 17.2. The molecular weight excluding hydrogens is 522 g/mol. The van der Waals surface area contributed by atoms with Gasteiger partial charge in [-0.05, 0) is 48.9 Å². The quantitative estimate of drug-likeness (QED) is 0.325. The van der Waals surface area contributed by atoms with Crippen molar-refractivity contribution in [3.8, 4) is 5.75 Å². The number of aromatic nitrogens is 2. The summed E-state index contributed by atoms with van der Waals surface area (Å²) in [6, 6.07) is 11.8. The standard InChI is InChI=1S/C27H29N5O4S2/c1-18-4-9-23-28-24(30-12-10-29(11-13-30)19-5-7-20(36-3)8-6-19)21(25(33)32(23)17-18)16-22-26(34)31(14-15-35-2)27(37)38-22/h4-9,16-17H,10-15H2,1-3H3. The fourth-order valence-corrected chi connectivity index (χ4v) is 5.88. The summed E-state index contributed by atoms with van der Waals surface area (Å²) in [4.78, 5) is 38.1. The van der Waals surface area contributed by atoms with E-state index >= 15 is 0 Å². The number of hydrogen-bond donors (Lipinski definition) is 0. The number of nitrogens with zero attached hydrogens (tertiary/aromatic N) is 5. The highest BCUT2D eigenvalue weighted by Gasteiger charge is 2.33. The summed E-state index contributed by atoms with van der Waals surface area (Å²) >= 11 is 6.63. The number of carbonyl (C=O) groups excluding carboxylic acids is 1. The Balaban J connectivity index is 1.49. The molecule has 2 fully saturated rings. The molecule has 5 rings (SSSR count). The molecule has 3 aromatic rings. The van der Waals surface area contributed by atoms with Crippen molar-refractivity contribution in [2.75, 3.05) is 63.4 Å². The number of benzene rings is 1. The molecule has 2 aliphatic rings. The maximum absolute atomic E-state index is 13.8. The second-order valence-electron chi connectivity index (χ2n) is 9.09. The van der Waals surface area contributed by atoms with Crippen LogP contribution in [0.5, 0.6) is 5.75 Å². The second kappa shape index (κ2) is 11.1. The van der Waals surface area contributed by atoms with Gasteiger partial charge in [0, 0.05) is 45.2 Å². The molecular formula is C27H29N5O4S2. The molecule has 11 heteroatoms. The molecule has 198 valence electrons. The number of thioether (sulfide) groups is 1. The molecule has 2 saturated heterocycles. The molecule has 4 heterocycles. The molecule has 1 amide bonds. The maximum atomic E-state index is 13.8. The fraction of sp³-hybridized carbons (Fsp3) is 0.333. The van der Waals surface area contributed by atoms with Crippen molar-refractivity contribution >= 4 is 57.4 Å². The zero-order valence-corrected chi connectivity index (χ0v) is 23.2. The van der Waals surface area contributed by atoms with Gasteiger partial charge in [0.25, 0.3) is 11.5 Å². The summed E-state index contributed by atoms with van der Waals surface area (Å²) in [5, 5.41) is 0. The smallest absolute Gasteiger partial charge is 0.267 e. The predicted molar refractivity (Wildman–Crippen MR) is 155 cm³/mol. The highest BCUT2D eigenvalue weighted by atomic mass is 32.2. The minimum atomic E-state index is -0.221. The van der Waals surface area contributed by atoms with E-state index in [-0.39, 0.29) is 11.5 Å². The van der Waals surface area contributed by atoms with Crippen LogP contribution in [0.15, 0.2) is 52.3 Å². The van der Waals surface area contributed by atoms with Gasteiger partial charge in [-0.1, -0.05) is 30.0 Å². The van der Waals surface area contributed by atoms with Gasteiger partial charge in [-0.2, -0.15) is 0 Å². The van der Waals surface area contributed by atoms with Crippen LogP contribution in [0.4, 0.5) is 11.5 Å². The lowest BCUT2D eigenvalue weighted by Crippen LogP contribution is -2.47. The van der Waals surface area contributed by atoms with Crippen LogP contribution >= 0.6 is 24.0 Å². The fourth-order valence-electron chi connectivity index (χ4n) is 4.59. The van der Waals surface area contributed by atoms with Gasteiger partial charge in [0.1, 0.15) is 21.5 Å². The molecule has 0 N–H and O–H groups in total. The van der Waals surface area contributed by atoms with Crippen molar-refractivity contribution < 1.29 is 14.3 Å². The van der Waals surface area contributed by atoms with Crippen LogP contribution in [-0.4, -0.2) is 78.1 Å². The van der Waals surface area contributed by atoms with Crippen LogP contribution < -0.4 is 20.1 Å². The Morgan fingerprint density at radius 3 is 2.42 bits per heavy atom. The molecule has 0 saturated carbocycles. The van der Waals surface area contributed by atoms with E-state index in [1.807, 2.05) is 31.2 Å². The third-order valence-corrected chi connectivity index (χ3v) is 8.05. The molecule has 2 aromatic heterocycles. The van der Waals surface area contributed by atoms with E-state index in [0.29, 0.717) is 52.5 Å². The first kappa shape index (κ1) is 26.2. The van der Waals surface area contributed by atoms with E-state index in [9.17, 15) is 9.59 Å². The first-order valence-electron chi connectivity index (χ1n) is 12.3. The number of amides is 1. The zero-order valence-electron chi connectivity index (χ0n) is 21.5. The molecule has 0 atom stereocenters. The Labute approximate surface area is 230 Å². The first-order chi connectivity index (χ1) is 18.4. The lowest BCUT2D eigenvalue weighted by atomic mass is 10.2. The van der Waals surface area contributed by atoms with Gasteiger partial charge < -0.3 is 19.3 Å². The molecule has 0 aliphatic carbocycles. The minimum absolute atomic E-state index is 0.214. The van der Waals surface area contributed by atoms with Crippen molar-refractivity contribution in [2.24, 2.45) is 0 Å². The number of aryl methyl sites for hydroxylation is 1. The summed E-state index contributed by atoms with van der Waals surface area (Å²) < 4.78 is 12.4. The van der Waals surface area contributed by atoms with E-state index in [2.05, 4.69) is 21.9 Å². The van der Waals surface area contributed by atoms with Crippen molar-refractivity contribution in [1.29, 1.82) is 0 Å². The Morgan fingerprint density at radius 2 is 1.74 bits per heavy atom. The largest absolute Gasteiger partial charge is 0.497 e. The zero-order chi connectivity index (χ0) is 26.8.